The van der Waals surface area contributed by atoms with E-state index >= 15 is 0 Å². The van der Waals surface area contributed by atoms with Gasteiger partial charge in [0.1, 0.15) is 5.56 Å². The van der Waals surface area contributed by atoms with E-state index in [0.717, 1.165) is 16.3 Å². The van der Waals surface area contributed by atoms with E-state index in [4.69, 9.17) is 4.74 Å². The van der Waals surface area contributed by atoms with Crippen LogP contribution in [0.4, 0.5) is 0 Å². The Morgan fingerprint density at radius 3 is 2.71 bits per heavy atom. The summed E-state index contributed by atoms with van der Waals surface area (Å²) in [5.41, 5.74) is 1.12. The molecule has 1 aromatic heterocycles. The molecule has 0 radical (unpaired) electrons. The van der Waals surface area contributed by atoms with Crippen LogP contribution >= 0.6 is 0 Å². The number of aryl methyl sites for hydroxylation is 1. The van der Waals surface area contributed by atoms with Crippen molar-refractivity contribution in [2.24, 2.45) is 0 Å². The Kier molecular flexibility index (Phi) is 3.28. The van der Waals surface area contributed by atoms with Crippen LogP contribution in [0, 0.1) is 6.92 Å². The molecule has 1 N–H and O–H groups in total. The minimum Gasteiger partial charge on any atom is -0.478 e. The van der Waals surface area contributed by atoms with E-state index < -0.39 is 5.97 Å². The van der Waals surface area contributed by atoms with Crippen LogP contribution < -0.4 is 4.74 Å². The first-order chi connectivity index (χ1) is 10.1. The average Bonchev–Trinajstić information content (AvgIpc) is 2.47. The van der Waals surface area contributed by atoms with Crippen LogP contribution in [0.3, 0.4) is 0 Å². The third kappa shape index (κ3) is 2.56. The van der Waals surface area contributed by atoms with Gasteiger partial charge in [-0.05, 0) is 30.0 Å². The van der Waals surface area contributed by atoms with Crippen molar-refractivity contribution in [1.29, 1.82) is 0 Å². The molecular weight excluding hydrogens is 266 g/mol. The van der Waals surface area contributed by atoms with E-state index in [1.165, 1.54) is 0 Å². The van der Waals surface area contributed by atoms with Crippen molar-refractivity contribution in [3.05, 3.63) is 65.9 Å². The molecule has 0 spiro atoms. The van der Waals surface area contributed by atoms with Crippen LogP contribution in [0.15, 0.2) is 54.7 Å². The van der Waals surface area contributed by atoms with Gasteiger partial charge in [0.05, 0.1) is 0 Å². The third-order valence-electron chi connectivity index (χ3n) is 3.21. The lowest BCUT2D eigenvalue weighted by Crippen LogP contribution is -2.01. The summed E-state index contributed by atoms with van der Waals surface area (Å²) in [5.74, 6) is -0.323. The highest BCUT2D eigenvalue weighted by molar-refractivity contribution is 6.00. The second kappa shape index (κ2) is 5.25. The lowest BCUT2D eigenvalue weighted by Gasteiger charge is -2.11. The molecule has 1 heterocycles. The molecule has 0 saturated heterocycles. The van der Waals surface area contributed by atoms with Crippen molar-refractivity contribution in [2.45, 2.75) is 6.92 Å². The Labute approximate surface area is 121 Å². The molecule has 0 fully saturated rings. The zero-order chi connectivity index (χ0) is 14.8. The first-order valence-corrected chi connectivity index (χ1v) is 6.51. The molecule has 0 aliphatic rings. The van der Waals surface area contributed by atoms with E-state index in [0.29, 0.717) is 11.6 Å². The van der Waals surface area contributed by atoms with Gasteiger partial charge >= 0.3 is 5.97 Å². The molecule has 0 amide bonds. The van der Waals surface area contributed by atoms with Crippen LogP contribution in [0.5, 0.6) is 11.6 Å². The summed E-state index contributed by atoms with van der Waals surface area (Å²) >= 11 is 0. The molecule has 3 rings (SSSR count). The lowest BCUT2D eigenvalue weighted by atomic mass is 10.1. The number of benzene rings is 2. The largest absolute Gasteiger partial charge is 0.478 e. The van der Waals surface area contributed by atoms with Gasteiger partial charge in [-0.25, -0.2) is 9.78 Å². The first-order valence-electron chi connectivity index (χ1n) is 6.51. The molecule has 0 aliphatic carbocycles. The topological polar surface area (TPSA) is 59.4 Å². The van der Waals surface area contributed by atoms with E-state index in [-0.39, 0.29) is 5.56 Å². The van der Waals surface area contributed by atoms with Crippen molar-refractivity contribution in [3.63, 3.8) is 0 Å². The van der Waals surface area contributed by atoms with E-state index in [9.17, 15) is 9.90 Å². The Bertz CT molecular complexity index is 827. The molecule has 4 heteroatoms. The molecule has 0 atom stereocenters. The summed E-state index contributed by atoms with van der Waals surface area (Å²) in [5, 5.41) is 11.0. The summed E-state index contributed by atoms with van der Waals surface area (Å²) in [6.07, 6.45) is 1.64. The highest BCUT2D eigenvalue weighted by atomic mass is 16.5. The van der Waals surface area contributed by atoms with E-state index in [1.54, 1.807) is 24.4 Å². The molecule has 3 aromatic rings. The molecule has 2 aromatic carbocycles. The fraction of sp³-hybridized carbons (Fsp3) is 0.0588. The average molecular weight is 279 g/mol. The fourth-order valence-electron chi connectivity index (χ4n) is 2.19. The van der Waals surface area contributed by atoms with Crippen LogP contribution in [-0.4, -0.2) is 16.1 Å². The van der Waals surface area contributed by atoms with Gasteiger partial charge in [0.25, 0.3) is 0 Å². The number of nitrogens with zero attached hydrogens (tertiary/aromatic N) is 1. The number of carboxylic acids is 1. The highest BCUT2D eigenvalue weighted by Gasteiger charge is 2.16. The Morgan fingerprint density at radius 2 is 1.95 bits per heavy atom. The van der Waals surface area contributed by atoms with Crippen LogP contribution in [0.1, 0.15) is 15.9 Å². The van der Waals surface area contributed by atoms with Crippen molar-refractivity contribution in [3.8, 4) is 11.6 Å². The van der Waals surface area contributed by atoms with Gasteiger partial charge in [0, 0.05) is 17.6 Å². The highest BCUT2D eigenvalue weighted by Crippen LogP contribution is 2.33. The maximum Gasteiger partial charge on any atom is 0.339 e. The molecule has 4 nitrogen and oxygen atoms in total. The molecule has 0 saturated carbocycles. The molecule has 0 bridgehead atoms. The van der Waals surface area contributed by atoms with Gasteiger partial charge < -0.3 is 9.84 Å². The molecule has 0 unspecified atom stereocenters. The number of hydrogen-bond acceptors (Lipinski definition) is 3. The number of aromatic carboxylic acids is 1. The van der Waals surface area contributed by atoms with Crippen molar-refractivity contribution in [2.75, 3.05) is 0 Å². The van der Waals surface area contributed by atoms with Crippen molar-refractivity contribution >= 4 is 16.7 Å². The zero-order valence-corrected chi connectivity index (χ0v) is 11.4. The van der Waals surface area contributed by atoms with Gasteiger partial charge in [0.15, 0.2) is 5.75 Å². The van der Waals surface area contributed by atoms with Gasteiger partial charge in [-0.15, -0.1) is 0 Å². The minimum absolute atomic E-state index is 0.122. The van der Waals surface area contributed by atoms with Gasteiger partial charge in [-0.1, -0.05) is 30.3 Å². The summed E-state index contributed by atoms with van der Waals surface area (Å²) in [4.78, 5) is 15.5. The Balaban J connectivity index is 2.18. The smallest absolute Gasteiger partial charge is 0.339 e. The SMILES string of the molecule is Cc1ccnc(Oc2c(C(=O)O)ccc3ccccc23)c1. The van der Waals surface area contributed by atoms with Gasteiger partial charge in [-0.3, -0.25) is 0 Å². The number of carbonyl (C=O) groups is 1. The zero-order valence-electron chi connectivity index (χ0n) is 11.4. The maximum absolute atomic E-state index is 11.4. The van der Waals surface area contributed by atoms with Crippen LogP contribution in [0.25, 0.3) is 10.8 Å². The molecule has 0 aliphatic heterocycles. The second-order valence-corrected chi connectivity index (χ2v) is 4.74. The number of ether oxygens (including phenoxy) is 1. The van der Waals surface area contributed by atoms with Gasteiger partial charge in [-0.2, -0.15) is 0 Å². The van der Waals surface area contributed by atoms with Crippen LogP contribution in [-0.2, 0) is 0 Å². The Hall–Kier alpha value is -2.88. The second-order valence-electron chi connectivity index (χ2n) is 4.74. The number of aromatic nitrogens is 1. The normalized spacial score (nSPS) is 10.5. The standard InChI is InChI=1S/C17H13NO3/c1-11-8-9-18-15(10-11)21-16-13-5-3-2-4-12(13)6-7-14(16)17(19)20/h2-10H,1H3,(H,19,20). The van der Waals surface area contributed by atoms with Crippen molar-refractivity contribution < 1.29 is 14.6 Å². The molecular formula is C17H13NO3. The molecule has 21 heavy (non-hydrogen) atoms. The van der Waals surface area contributed by atoms with E-state index in [2.05, 4.69) is 4.98 Å². The summed E-state index contributed by atoms with van der Waals surface area (Å²) in [6, 6.07) is 14.5. The van der Waals surface area contributed by atoms with Gasteiger partial charge in [0.2, 0.25) is 5.88 Å². The summed E-state index contributed by atoms with van der Waals surface area (Å²) < 4.78 is 5.77. The fourth-order valence-corrected chi connectivity index (χ4v) is 2.19. The minimum atomic E-state index is -1.02. The van der Waals surface area contributed by atoms with Crippen LogP contribution in [0.2, 0.25) is 0 Å². The lowest BCUT2D eigenvalue weighted by molar-refractivity contribution is 0.0694. The Morgan fingerprint density at radius 1 is 1.14 bits per heavy atom. The monoisotopic (exact) mass is 279 g/mol. The van der Waals surface area contributed by atoms with Crippen molar-refractivity contribution in [1.82, 2.24) is 4.98 Å². The molecule has 104 valence electrons. The van der Waals surface area contributed by atoms with E-state index in [1.807, 2.05) is 37.3 Å². The predicted octanol–water partition coefficient (Wildman–Crippen LogP) is 4.03. The summed E-state index contributed by atoms with van der Waals surface area (Å²) in [7, 11) is 0. The number of hydrogen-bond donors (Lipinski definition) is 1. The first kappa shape index (κ1) is 13.1. The quantitative estimate of drug-likeness (QED) is 0.786. The maximum atomic E-state index is 11.4. The number of fused-ring (bicyclic) bond motifs is 1. The summed E-state index contributed by atoms with van der Waals surface area (Å²) in [6.45, 7) is 1.93. The number of pyridine rings is 1. The predicted molar refractivity (Wildman–Crippen MR) is 80.0 cm³/mol. The third-order valence-corrected chi connectivity index (χ3v) is 3.21. The number of carboxylic acid groups (broad SMARTS) is 1. The number of rotatable bonds is 3.